The third-order valence-electron chi connectivity index (χ3n) is 4.11. The van der Waals surface area contributed by atoms with E-state index >= 15 is 0 Å². The SMILES string of the molecule is Cc1ccoc1C(=O)C1CC2CNCC2C1. The average molecular weight is 219 g/mol. The zero-order chi connectivity index (χ0) is 11.1. The van der Waals surface area contributed by atoms with Crippen LogP contribution in [0.5, 0.6) is 0 Å². The van der Waals surface area contributed by atoms with Gasteiger partial charge in [-0.15, -0.1) is 0 Å². The van der Waals surface area contributed by atoms with Crippen LogP contribution < -0.4 is 5.32 Å². The highest BCUT2D eigenvalue weighted by Crippen LogP contribution is 2.40. The number of hydrogen-bond donors (Lipinski definition) is 1. The molecular formula is C13H17NO2. The van der Waals surface area contributed by atoms with Gasteiger partial charge in [-0.1, -0.05) is 0 Å². The molecule has 3 rings (SSSR count). The van der Waals surface area contributed by atoms with Crippen LogP contribution in [0.4, 0.5) is 0 Å². The maximum Gasteiger partial charge on any atom is 0.201 e. The van der Waals surface area contributed by atoms with Gasteiger partial charge in [0, 0.05) is 5.92 Å². The second-order valence-electron chi connectivity index (χ2n) is 5.14. The minimum Gasteiger partial charge on any atom is -0.461 e. The molecule has 1 saturated heterocycles. The third kappa shape index (κ3) is 1.50. The fourth-order valence-corrected chi connectivity index (χ4v) is 3.19. The highest BCUT2D eigenvalue weighted by molar-refractivity contribution is 5.96. The van der Waals surface area contributed by atoms with Gasteiger partial charge in [-0.3, -0.25) is 4.79 Å². The lowest BCUT2D eigenvalue weighted by Gasteiger charge is -2.08. The molecule has 2 atom stereocenters. The van der Waals surface area contributed by atoms with Crippen molar-refractivity contribution in [2.75, 3.05) is 13.1 Å². The molecule has 0 spiro atoms. The summed E-state index contributed by atoms with van der Waals surface area (Å²) in [5.74, 6) is 2.42. The van der Waals surface area contributed by atoms with Crippen molar-refractivity contribution in [2.24, 2.45) is 17.8 Å². The highest BCUT2D eigenvalue weighted by atomic mass is 16.3. The van der Waals surface area contributed by atoms with Gasteiger partial charge in [0.1, 0.15) is 0 Å². The molecule has 2 aliphatic rings. The molecule has 0 radical (unpaired) electrons. The summed E-state index contributed by atoms with van der Waals surface area (Å²) in [6.45, 7) is 4.12. The first kappa shape index (κ1) is 10.1. The Morgan fingerprint density at radius 1 is 1.38 bits per heavy atom. The van der Waals surface area contributed by atoms with Crippen molar-refractivity contribution in [3.8, 4) is 0 Å². The number of hydrogen-bond acceptors (Lipinski definition) is 3. The van der Waals surface area contributed by atoms with Gasteiger partial charge < -0.3 is 9.73 Å². The molecule has 1 N–H and O–H groups in total. The lowest BCUT2D eigenvalue weighted by molar-refractivity contribution is 0.0888. The summed E-state index contributed by atoms with van der Waals surface area (Å²) in [6.07, 6.45) is 3.69. The minimum atomic E-state index is 0.196. The number of aryl methyl sites for hydroxylation is 1. The Morgan fingerprint density at radius 3 is 2.62 bits per heavy atom. The van der Waals surface area contributed by atoms with E-state index in [1.54, 1.807) is 6.26 Å². The quantitative estimate of drug-likeness (QED) is 0.774. The van der Waals surface area contributed by atoms with E-state index in [1.807, 2.05) is 13.0 Å². The molecule has 1 saturated carbocycles. The van der Waals surface area contributed by atoms with Crippen LogP contribution in [-0.2, 0) is 0 Å². The molecule has 86 valence electrons. The van der Waals surface area contributed by atoms with Crippen LogP contribution in [0.25, 0.3) is 0 Å². The van der Waals surface area contributed by atoms with Gasteiger partial charge in [-0.05, 0) is 56.3 Å². The van der Waals surface area contributed by atoms with Crippen LogP contribution in [-0.4, -0.2) is 18.9 Å². The fraction of sp³-hybridized carbons (Fsp3) is 0.615. The second-order valence-corrected chi connectivity index (χ2v) is 5.14. The fourth-order valence-electron chi connectivity index (χ4n) is 3.19. The van der Waals surface area contributed by atoms with Gasteiger partial charge in [-0.25, -0.2) is 0 Å². The Kier molecular flexibility index (Phi) is 2.36. The lowest BCUT2D eigenvalue weighted by atomic mass is 9.97. The number of carbonyl (C=O) groups excluding carboxylic acids is 1. The summed E-state index contributed by atoms with van der Waals surface area (Å²) in [7, 11) is 0. The molecule has 1 aromatic rings. The summed E-state index contributed by atoms with van der Waals surface area (Å²) in [5, 5.41) is 3.40. The second kappa shape index (κ2) is 3.74. The summed E-state index contributed by atoms with van der Waals surface area (Å²) in [4.78, 5) is 12.2. The Balaban J connectivity index is 1.75. The lowest BCUT2D eigenvalue weighted by Crippen LogP contribution is -2.17. The largest absolute Gasteiger partial charge is 0.461 e. The summed E-state index contributed by atoms with van der Waals surface area (Å²) >= 11 is 0. The van der Waals surface area contributed by atoms with E-state index in [0.717, 1.165) is 31.5 Å². The number of rotatable bonds is 2. The van der Waals surface area contributed by atoms with E-state index in [4.69, 9.17) is 4.42 Å². The topological polar surface area (TPSA) is 42.2 Å². The highest BCUT2D eigenvalue weighted by Gasteiger charge is 2.41. The Morgan fingerprint density at radius 2 is 2.06 bits per heavy atom. The number of ketones is 1. The molecule has 16 heavy (non-hydrogen) atoms. The first-order valence-electron chi connectivity index (χ1n) is 6.04. The Bertz CT molecular complexity index is 398. The van der Waals surface area contributed by atoms with E-state index in [2.05, 4.69) is 5.32 Å². The smallest absolute Gasteiger partial charge is 0.201 e. The van der Waals surface area contributed by atoms with E-state index in [9.17, 15) is 4.79 Å². The molecule has 2 unspecified atom stereocenters. The number of Topliss-reactive ketones (excluding diaryl/α,β-unsaturated/α-hetero) is 1. The predicted octanol–water partition coefficient (Wildman–Crippen LogP) is 2.02. The number of fused-ring (bicyclic) bond motifs is 1. The number of furan rings is 1. The van der Waals surface area contributed by atoms with Crippen LogP contribution in [0.1, 0.15) is 29.0 Å². The normalized spacial score (nSPS) is 32.9. The van der Waals surface area contributed by atoms with Crippen molar-refractivity contribution >= 4 is 5.78 Å². The molecule has 0 bridgehead atoms. The zero-order valence-electron chi connectivity index (χ0n) is 9.53. The maximum absolute atomic E-state index is 12.2. The molecule has 0 amide bonds. The maximum atomic E-state index is 12.2. The molecule has 2 fully saturated rings. The number of carbonyl (C=O) groups is 1. The van der Waals surface area contributed by atoms with Crippen LogP contribution >= 0.6 is 0 Å². The van der Waals surface area contributed by atoms with Gasteiger partial charge in [0.05, 0.1) is 6.26 Å². The van der Waals surface area contributed by atoms with E-state index in [0.29, 0.717) is 17.6 Å². The monoisotopic (exact) mass is 219 g/mol. The van der Waals surface area contributed by atoms with Crippen molar-refractivity contribution < 1.29 is 9.21 Å². The Hall–Kier alpha value is -1.09. The molecule has 1 aromatic heterocycles. The minimum absolute atomic E-state index is 0.196. The predicted molar refractivity (Wildman–Crippen MR) is 60.3 cm³/mol. The van der Waals surface area contributed by atoms with Crippen LogP contribution in [0, 0.1) is 24.7 Å². The van der Waals surface area contributed by atoms with Crippen LogP contribution in [0.3, 0.4) is 0 Å². The van der Waals surface area contributed by atoms with Gasteiger partial charge in [0.2, 0.25) is 5.78 Å². The number of nitrogens with one attached hydrogen (secondary N) is 1. The van der Waals surface area contributed by atoms with Gasteiger partial charge in [0.25, 0.3) is 0 Å². The summed E-state index contributed by atoms with van der Waals surface area (Å²) in [5.41, 5.74) is 0.972. The molecule has 2 heterocycles. The molecule has 0 aromatic carbocycles. The first-order chi connectivity index (χ1) is 7.75. The van der Waals surface area contributed by atoms with Crippen molar-refractivity contribution in [1.82, 2.24) is 5.32 Å². The van der Waals surface area contributed by atoms with Crippen LogP contribution in [0.15, 0.2) is 16.7 Å². The molecular weight excluding hydrogens is 202 g/mol. The zero-order valence-corrected chi connectivity index (χ0v) is 9.53. The molecule has 3 heteroatoms. The molecule has 1 aliphatic carbocycles. The standard InChI is InChI=1S/C13H17NO2/c1-8-2-3-16-13(8)12(15)9-4-10-6-14-7-11(10)5-9/h2-3,9-11,14H,4-7H2,1H3. The summed E-state index contributed by atoms with van der Waals surface area (Å²) < 4.78 is 5.30. The average Bonchev–Trinajstić information content (AvgIpc) is 2.89. The summed E-state index contributed by atoms with van der Waals surface area (Å²) in [6, 6.07) is 1.87. The first-order valence-corrected chi connectivity index (χ1v) is 6.04. The van der Waals surface area contributed by atoms with E-state index in [1.165, 1.54) is 0 Å². The van der Waals surface area contributed by atoms with Crippen molar-refractivity contribution in [3.05, 3.63) is 23.7 Å². The van der Waals surface area contributed by atoms with Crippen molar-refractivity contribution in [1.29, 1.82) is 0 Å². The van der Waals surface area contributed by atoms with Crippen LogP contribution in [0.2, 0.25) is 0 Å². The van der Waals surface area contributed by atoms with Crippen molar-refractivity contribution in [3.63, 3.8) is 0 Å². The Labute approximate surface area is 95.2 Å². The van der Waals surface area contributed by atoms with Crippen molar-refractivity contribution in [2.45, 2.75) is 19.8 Å². The van der Waals surface area contributed by atoms with Gasteiger partial charge >= 0.3 is 0 Å². The van der Waals surface area contributed by atoms with Gasteiger partial charge in [-0.2, -0.15) is 0 Å². The third-order valence-corrected chi connectivity index (χ3v) is 4.11. The van der Waals surface area contributed by atoms with Gasteiger partial charge in [0.15, 0.2) is 5.76 Å². The molecule has 1 aliphatic heterocycles. The molecule has 3 nitrogen and oxygen atoms in total. The van der Waals surface area contributed by atoms with E-state index < -0.39 is 0 Å². The van der Waals surface area contributed by atoms with E-state index in [-0.39, 0.29) is 11.7 Å².